The van der Waals surface area contributed by atoms with E-state index < -0.39 is 17.8 Å². The van der Waals surface area contributed by atoms with Crippen LogP contribution in [0.25, 0.3) is 0 Å². The Morgan fingerprint density at radius 1 is 1.26 bits per heavy atom. The summed E-state index contributed by atoms with van der Waals surface area (Å²) < 4.78 is 19.3. The van der Waals surface area contributed by atoms with Crippen molar-refractivity contribution in [2.24, 2.45) is 4.99 Å². The standard InChI is InChI=1S/C22H16BrClFN3O2S/c23-11-17-18(22(29)30-12-13-4-2-1-3-5-13)19(15-7-6-14(25)10-16(15)24)28-20(27-17)21-26-8-9-31-21/h1-10,19H,11-12H2,(H,27,28). The zero-order chi connectivity index (χ0) is 21.8. The lowest BCUT2D eigenvalue weighted by Crippen LogP contribution is -2.34. The largest absolute Gasteiger partial charge is 0.457 e. The van der Waals surface area contributed by atoms with Crippen LogP contribution in [0, 0.1) is 5.82 Å². The number of benzene rings is 2. The van der Waals surface area contributed by atoms with Crippen LogP contribution in [0.3, 0.4) is 0 Å². The summed E-state index contributed by atoms with van der Waals surface area (Å²) in [6.07, 6.45) is 1.67. The van der Waals surface area contributed by atoms with Crippen LogP contribution in [0.5, 0.6) is 0 Å². The van der Waals surface area contributed by atoms with Crippen molar-refractivity contribution in [1.82, 2.24) is 10.3 Å². The molecule has 1 aliphatic heterocycles. The van der Waals surface area contributed by atoms with Gasteiger partial charge < -0.3 is 10.1 Å². The van der Waals surface area contributed by atoms with Gasteiger partial charge in [-0.15, -0.1) is 11.3 Å². The maximum atomic E-state index is 13.7. The average Bonchev–Trinajstić information content (AvgIpc) is 3.32. The van der Waals surface area contributed by atoms with Gasteiger partial charge in [-0.1, -0.05) is 63.9 Å². The Hall–Kier alpha value is -2.55. The highest BCUT2D eigenvalue weighted by atomic mass is 79.9. The summed E-state index contributed by atoms with van der Waals surface area (Å²) in [6, 6.07) is 12.7. The molecule has 0 saturated heterocycles. The third-order valence-electron chi connectivity index (χ3n) is 4.58. The first-order valence-corrected chi connectivity index (χ1v) is 11.6. The highest BCUT2D eigenvalue weighted by Gasteiger charge is 2.33. The van der Waals surface area contributed by atoms with E-state index in [1.807, 2.05) is 35.7 Å². The molecule has 1 N–H and O–H groups in total. The van der Waals surface area contributed by atoms with E-state index in [0.717, 1.165) is 5.56 Å². The number of carbonyl (C=O) groups is 1. The Balaban J connectivity index is 1.73. The van der Waals surface area contributed by atoms with Crippen molar-refractivity contribution >= 4 is 50.7 Å². The normalized spacial score (nSPS) is 16.0. The molecule has 0 fully saturated rings. The Kier molecular flexibility index (Phi) is 6.80. The molecule has 2 aromatic carbocycles. The first-order valence-electron chi connectivity index (χ1n) is 9.26. The number of nitrogens with zero attached hydrogens (tertiary/aromatic N) is 2. The monoisotopic (exact) mass is 519 g/mol. The average molecular weight is 521 g/mol. The minimum absolute atomic E-state index is 0.117. The quantitative estimate of drug-likeness (QED) is 0.348. The lowest BCUT2D eigenvalue weighted by atomic mass is 9.96. The molecule has 2 heterocycles. The molecule has 0 bridgehead atoms. The molecular formula is C22H16BrClFN3O2S. The number of halogens is 3. The smallest absolute Gasteiger partial charge is 0.338 e. The molecule has 1 unspecified atom stereocenters. The van der Waals surface area contributed by atoms with E-state index in [0.29, 0.717) is 33.0 Å². The number of ether oxygens (including phenoxy) is 1. The second-order valence-corrected chi connectivity index (χ2v) is 8.46. The summed E-state index contributed by atoms with van der Waals surface area (Å²) in [5.74, 6) is -0.489. The third-order valence-corrected chi connectivity index (χ3v) is 6.25. The van der Waals surface area contributed by atoms with Crippen molar-refractivity contribution in [2.45, 2.75) is 12.6 Å². The highest BCUT2D eigenvalue weighted by Crippen LogP contribution is 2.37. The van der Waals surface area contributed by atoms with Gasteiger partial charge in [-0.3, -0.25) is 4.99 Å². The fraction of sp³-hybridized carbons (Fsp3) is 0.136. The van der Waals surface area contributed by atoms with Crippen LogP contribution in [0.15, 0.2) is 76.4 Å². The molecule has 1 aromatic heterocycles. The van der Waals surface area contributed by atoms with Gasteiger partial charge in [-0.2, -0.15) is 0 Å². The van der Waals surface area contributed by atoms with Crippen molar-refractivity contribution in [1.29, 1.82) is 0 Å². The molecule has 3 aromatic rings. The molecule has 1 aliphatic rings. The molecule has 158 valence electrons. The van der Waals surface area contributed by atoms with Crippen LogP contribution < -0.4 is 5.32 Å². The zero-order valence-electron chi connectivity index (χ0n) is 16.0. The number of hydrogen-bond donors (Lipinski definition) is 1. The second-order valence-electron chi connectivity index (χ2n) is 6.60. The van der Waals surface area contributed by atoms with Gasteiger partial charge in [0.1, 0.15) is 18.5 Å². The van der Waals surface area contributed by atoms with Gasteiger partial charge in [-0.05, 0) is 17.7 Å². The summed E-state index contributed by atoms with van der Waals surface area (Å²) in [7, 11) is 0. The van der Waals surface area contributed by atoms with Crippen molar-refractivity contribution in [3.05, 3.63) is 98.4 Å². The zero-order valence-corrected chi connectivity index (χ0v) is 19.2. The molecule has 0 saturated carbocycles. The number of thiazole rings is 1. The van der Waals surface area contributed by atoms with E-state index in [9.17, 15) is 9.18 Å². The predicted octanol–water partition coefficient (Wildman–Crippen LogP) is 5.42. The Labute approximate surface area is 195 Å². The maximum Gasteiger partial charge on any atom is 0.338 e. The van der Waals surface area contributed by atoms with Gasteiger partial charge >= 0.3 is 5.97 Å². The van der Waals surface area contributed by atoms with Gasteiger partial charge in [0.2, 0.25) is 0 Å². The summed E-state index contributed by atoms with van der Waals surface area (Å²) in [5.41, 5.74) is 2.26. The topological polar surface area (TPSA) is 63.6 Å². The molecule has 5 nitrogen and oxygen atoms in total. The number of carbonyl (C=O) groups excluding carboxylic acids is 1. The molecule has 9 heteroatoms. The van der Waals surface area contributed by atoms with Crippen molar-refractivity contribution in [2.75, 3.05) is 5.33 Å². The SMILES string of the molecule is O=C(OCc1ccccc1)C1=C(CBr)NC(c2nccs2)=NC1c1ccc(F)cc1Cl. The Bertz CT molecular complexity index is 1150. The number of hydrogen-bond acceptors (Lipinski definition) is 6. The first-order chi connectivity index (χ1) is 15.1. The number of rotatable bonds is 6. The van der Waals surface area contributed by atoms with E-state index >= 15 is 0 Å². The van der Waals surface area contributed by atoms with Crippen molar-refractivity contribution in [3.8, 4) is 0 Å². The van der Waals surface area contributed by atoms with Crippen LogP contribution in [0.1, 0.15) is 22.2 Å². The molecule has 0 amide bonds. The number of alkyl halides is 1. The van der Waals surface area contributed by atoms with Crippen LogP contribution in [-0.2, 0) is 16.1 Å². The number of amidine groups is 1. The van der Waals surface area contributed by atoms with Gasteiger partial charge in [0.15, 0.2) is 10.8 Å². The van der Waals surface area contributed by atoms with Crippen LogP contribution >= 0.6 is 38.9 Å². The van der Waals surface area contributed by atoms with E-state index in [4.69, 9.17) is 21.3 Å². The lowest BCUT2D eigenvalue weighted by molar-refractivity contribution is -0.140. The summed E-state index contributed by atoms with van der Waals surface area (Å²) >= 11 is 11.2. The number of esters is 1. The molecule has 0 radical (unpaired) electrons. The molecule has 0 spiro atoms. The molecular weight excluding hydrogens is 505 g/mol. The lowest BCUT2D eigenvalue weighted by Gasteiger charge is -2.27. The number of aliphatic imine (C=N–C) groups is 1. The molecule has 0 aliphatic carbocycles. The second kappa shape index (κ2) is 9.72. The van der Waals surface area contributed by atoms with E-state index in [1.165, 1.54) is 29.5 Å². The number of aromatic nitrogens is 1. The predicted molar refractivity (Wildman–Crippen MR) is 123 cm³/mol. The van der Waals surface area contributed by atoms with Crippen LogP contribution in [0.2, 0.25) is 5.02 Å². The van der Waals surface area contributed by atoms with E-state index in [-0.39, 0.29) is 11.6 Å². The fourth-order valence-electron chi connectivity index (χ4n) is 3.14. The van der Waals surface area contributed by atoms with Crippen LogP contribution in [-0.4, -0.2) is 22.1 Å². The minimum Gasteiger partial charge on any atom is -0.457 e. The first kappa shape index (κ1) is 21.7. The van der Waals surface area contributed by atoms with Crippen molar-refractivity contribution < 1.29 is 13.9 Å². The third kappa shape index (κ3) is 4.87. The Morgan fingerprint density at radius 3 is 2.74 bits per heavy atom. The van der Waals surface area contributed by atoms with Gasteiger partial charge in [0.25, 0.3) is 0 Å². The minimum atomic E-state index is -0.774. The Morgan fingerprint density at radius 2 is 2.06 bits per heavy atom. The molecule has 1 atom stereocenters. The summed E-state index contributed by atoms with van der Waals surface area (Å²) in [5, 5.41) is 6.20. The highest BCUT2D eigenvalue weighted by molar-refractivity contribution is 9.09. The van der Waals surface area contributed by atoms with E-state index in [1.54, 1.807) is 6.20 Å². The van der Waals surface area contributed by atoms with Crippen molar-refractivity contribution in [3.63, 3.8) is 0 Å². The number of nitrogens with one attached hydrogen (secondary N) is 1. The number of allylic oxidation sites excluding steroid dienone is 1. The summed E-state index contributed by atoms with van der Waals surface area (Å²) in [4.78, 5) is 22.2. The fourth-order valence-corrected chi connectivity index (χ4v) is 4.44. The van der Waals surface area contributed by atoms with Gasteiger partial charge in [0.05, 0.1) is 5.57 Å². The maximum absolute atomic E-state index is 13.7. The molecule has 4 rings (SSSR count). The van der Waals surface area contributed by atoms with Crippen LogP contribution in [0.4, 0.5) is 4.39 Å². The molecule has 31 heavy (non-hydrogen) atoms. The summed E-state index contributed by atoms with van der Waals surface area (Å²) in [6.45, 7) is 0.117. The van der Waals surface area contributed by atoms with Gasteiger partial charge in [-0.25, -0.2) is 14.2 Å². The van der Waals surface area contributed by atoms with Gasteiger partial charge in [0, 0.05) is 33.2 Å². The van der Waals surface area contributed by atoms with E-state index in [2.05, 4.69) is 26.2 Å².